The van der Waals surface area contributed by atoms with E-state index in [1.165, 1.54) is 4.90 Å². The van der Waals surface area contributed by atoms with Crippen molar-refractivity contribution in [3.63, 3.8) is 0 Å². The fourth-order valence-corrected chi connectivity index (χ4v) is 4.11. The summed E-state index contributed by atoms with van der Waals surface area (Å²) in [5.74, 6) is -0.745. The second kappa shape index (κ2) is 9.85. The molecule has 2 fully saturated rings. The van der Waals surface area contributed by atoms with Gasteiger partial charge < -0.3 is 9.64 Å². The van der Waals surface area contributed by atoms with Crippen LogP contribution in [0, 0.1) is 0 Å². The van der Waals surface area contributed by atoms with Gasteiger partial charge in [0, 0.05) is 26.2 Å². The number of benzene rings is 2. The van der Waals surface area contributed by atoms with Crippen LogP contribution in [0.3, 0.4) is 0 Å². The second-order valence-corrected chi connectivity index (χ2v) is 7.83. The summed E-state index contributed by atoms with van der Waals surface area (Å²) < 4.78 is 5.40. The highest BCUT2D eigenvalue weighted by Gasteiger charge is 2.44. The maximum Gasteiger partial charge on any atom is 0.257 e. The average molecular weight is 421 g/mol. The number of rotatable bonds is 7. The molecule has 162 valence electrons. The first-order chi connectivity index (χ1) is 15.1. The van der Waals surface area contributed by atoms with E-state index in [0.717, 1.165) is 18.7 Å². The summed E-state index contributed by atoms with van der Waals surface area (Å²) >= 11 is 0. The van der Waals surface area contributed by atoms with Gasteiger partial charge in [0.15, 0.2) is 0 Å². The van der Waals surface area contributed by atoms with E-state index in [4.69, 9.17) is 4.74 Å². The van der Waals surface area contributed by atoms with Crippen molar-refractivity contribution in [1.29, 1.82) is 0 Å². The molecule has 2 saturated heterocycles. The van der Waals surface area contributed by atoms with Gasteiger partial charge in [0.25, 0.3) is 5.91 Å². The monoisotopic (exact) mass is 421 g/mol. The van der Waals surface area contributed by atoms with Crippen LogP contribution in [0.15, 0.2) is 60.7 Å². The number of carbonyl (C=O) groups is 3. The third kappa shape index (κ3) is 5.00. The Morgan fingerprint density at radius 1 is 0.968 bits per heavy atom. The van der Waals surface area contributed by atoms with Gasteiger partial charge in [-0.3, -0.25) is 19.3 Å². The van der Waals surface area contributed by atoms with Gasteiger partial charge in [-0.15, -0.1) is 0 Å². The lowest BCUT2D eigenvalue weighted by Gasteiger charge is -2.32. The highest BCUT2D eigenvalue weighted by Crippen LogP contribution is 2.26. The second-order valence-electron chi connectivity index (χ2n) is 7.83. The molecule has 7 heteroatoms. The van der Waals surface area contributed by atoms with Crippen molar-refractivity contribution in [2.24, 2.45) is 0 Å². The molecule has 3 amide bonds. The van der Waals surface area contributed by atoms with Gasteiger partial charge in [-0.2, -0.15) is 0 Å². The summed E-state index contributed by atoms with van der Waals surface area (Å²) in [7, 11) is 0. The van der Waals surface area contributed by atoms with Crippen LogP contribution >= 0.6 is 0 Å². The number of carbonyl (C=O) groups excluding carboxylic acids is 3. The summed E-state index contributed by atoms with van der Waals surface area (Å²) in [5.41, 5.74) is 1.43. The van der Waals surface area contributed by atoms with Gasteiger partial charge in [-0.1, -0.05) is 48.5 Å². The number of nitrogens with zero attached hydrogens (tertiary/aromatic N) is 3. The number of hydrogen-bond acceptors (Lipinski definition) is 5. The molecule has 7 nitrogen and oxygen atoms in total. The Morgan fingerprint density at radius 2 is 1.61 bits per heavy atom. The number of ether oxygens (including phenoxy) is 1. The molecule has 1 atom stereocenters. The summed E-state index contributed by atoms with van der Waals surface area (Å²) in [6.45, 7) is 3.98. The third-order valence-electron chi connectivity index (χ3n) is 5.79. The van der Waals surface area contributed by atoms with Gasteiger partial charge >= 0.3 is 0 Å². The zero-order valence-electron chi connectivity index (χ0n) is 17.5. The van der Waals surface area contributed by atoms with E-state index in [1.807, 2.05) is 36.4 Å². The van der Waals surface area contributed by atoms with Gasteiger partial charge in [0.1, 0.15) is 6.04 Å². The maximum absolute atomic E-state index is 13.3. The quantitative estimate of drug-likeness (QED) is 0.637. The lowest BCUT2D eigenvalue weighted by Crippen LogP contribution is -2.50. The molecule has 4 rings (SSSR count). The zero-order chi connectivity index (χ0) is 21.6. The Hall–Kier alpha value is -3.03. The summed E-state index contributed by atoms with van der Waals surface area (Å²) in [4.78, 5) is 44.3. The predicted molar refractivity (Wildman–Crippen MR) is 116 cm³/mol. The van der Waals surface area contributed by atoms with Crippen LogP contribution in [0.2, 0.25) is 0 Å². The molecule has 2 aromatic carbocycles. The summed E-state index contributed by atoms with van der Waals surface area (Å²) in [6, 6.07) is 17.6. The minimum atomic E-state index is -0.773. The highest BCUT2D eigenvalue weighted by molar-refractivity contribution is 6.23. The van der Waals surface area contributed by atoms with Crippen LogP contribution in [0.4, 0.5) is 5.69 Å². The van der Waals surface area contributed by atoms with Crippen LogP contribution in [-0.2, 0) is 25.5 Å². The molecular formula is C24H27N3O4. The minimum Gasteiger partial charge on any atom is -0.379 e. The topological polar surface area (TPSA) is 70.2 Å². The van der Waals surface area contributed by atoms with E-state index in [9.17, 15) is 14.4 Å². The standard InChI is InChI=1S/C24H27N3O4/c28-22(17-19-7-3-1-4-8-19)26(12-11-25-13-15-31-16-14-25)21-18-23(29)27(24(21)30)20-9-5-2-6-10-20/h1-10,21H,11-18H2. The van der Waals surface area contributed by atoms with Crippen molar-refractivity contribution in [3.8, 4) is 0 Å². The van der Waals surface area contributed by atoms with Crippen LogP contribution < -0.4 is 4.90 Å². The van der Waals surface area contributed by atoms with E-state index in [1.54, 1.807) is 29.2 Å². The minimum absolute atomic E-state index is 0.0113. The number of morpholine rings is 1. The normalized spacial score (nSPS) is 19.6. The number of imide groups is 1. The molecule has 2 aliphatic heterocycles. The Morgan fingerprint density at radius 3 is 2.29 bits per heavy atom. The molecule has 0 radical (unpaired) electrons. The highest BCUT2D eigenvalue weighted by atomic mass is 16.5. The molecule has 0 saturated carbocycles. The molecule has 0 aromatic heterocycles. The first-order valence-electron chi connectivity index (χ1n) is 10.7. The van der Waals surface area contributed by atoms with Crippen LogP contribution in [-0.4, -0.2) is 73.0 Å². The fraction of sp³-hybridized carbons (Fsp3) is 0.375. The van der Waals surface area contributed by atoms with Crippen molar-refractivity contribution >= 4 is 23.4 Å². The first-order valence-corrected chi connectivity index (χ1v) is 10.7. The third-order valence-corrected chi connectivity index (χ3v) is 5.79. The van der Waals surface area contributed by atoms with Crippen molar-refractivity contribution < 1.29 is 19.1 Å². The van der Waals surface area contributed by atoms with Crippen molar-refractivity contribution in [1.82, 2.24) is 9.80 Å². The van der Waals surface area contributed by atoms with Crippen molar-refractivity contribution in [2.45, 2.75) is 18.9 Å². The van der Waals surface area contributed by atoms with E-state index >= 15 is 0 Å². The van der Waals surface area contributed by atoms with E-state index in [0.29, 0.717) is 32.0 Å². The zero-order valence-corrected chi connectivity index (χ0v) is 17.5. The Bertz CT molecular complexity index is 913. The van der Waals surface area contributed by atoms with Gasteiger partial charge in [0.2, 0.25) is 11.8 Å². The molecule has 2 aromatic rings. The van der Waals surface area contributed by atoms with Gasteiger partial charge in [0.05, 0.1) is 31.7 Å². The smallest absolute Gasteiger partial charge is 0.257 e. The number of hydrogen-bond donors (Lipinski definition) is 0. The van der Waals surface area contributed by atoms with Crippen molar-refractivity contribution in [2.75, 3.05) is 44.3 Å². The molecule has 31 heavy (non-hydrogen) atoms. The SMILES string of the molecule is O=C1CC(N(CCN2CCOCC2)C(=O)Cc2ccccc2)C(=O)N1c1ccccc1. The van der Waals surface area contributed by atoms with Gasteiger partial charge in [-0.25, -0.2) is 4.90 Å². The van der Waals surface area contributed by atoms with Gasteiger partial charge in [-0.05, 0) is 17.7 Å². The molecule has 1 unspecified atom stereocenters. The molecule has 2 heterocycles. The van der Waals surface area contributed by atoms with Crippen LogP contribution in [0.25, 0.3) is 0 Å². The molecule has 0 bridgehead atoms. The number of para-hydroxylation sites is 1. The molecular weight excluding hydrogens is 394 g/mol. The maximum atomic E-state index is 13.3. The lowest BCUT2D eigenvalue weighted by molar-refractivity contribution is -0.138. The lowest BCUT2D eigenvalue weighted by atomic mass is 10.1. The molecule has 0 aliphatic carbocycles. The van der Waals surface area contributed by atoms with Crippen molar-refractivity contribution in [3.05, 3.63) is 66.2 Å². The predicted octanol–water partition coefficient (Wildman–Crippen LogP) is 1.72. The Balaban J connectivity index is 1.53. The summed E-state index contributed by atoms with van der Waals surface area (Å²) in [5, 5.41) is 0. The summed E-state index contributed by atoms with van der Waals surface area (Å²) in [6.07, 6.45) is 0.213. The fourth-order valence-electron chi connectivity index (χ4n) is 4.11. The average Bonchev–Trinajstić information content (AvgIpc) is 3.09. The first kappa shape index (κ1) is 21.2. The molecule has 0 N–H and O–H groups in total. The largest absolute Gasteiger partial charge is 0.379 e. The van der Waals surface area contributed by atoms with E-state index in [2.05, 4.69) is 4.90 Å². The molecule has 2 aliphatic rings. The Kier molecular flexibility index (Phi) is 6.74. The number of amides is 3. The number of anilines is 1. The molecule has 0 spiro atoms. The van der Waals surface area contributed by atoms with E-state index in [-0.39, 0.29) is 30.6 Å². The van der Waals surface area contributed by atoms with Crippen LogP contribution in [0.1, 0.15) is 12.0 Å². The van der Waals surface area contributed by atoms with E-state index < -0.39 is 6.04 Å². The van der Waals surface area contributed by atoms with Crippen LogP contribution in [0.5, 0.6) is 0 Å². The Labute approximate surface area is 182 Å².